The molecule has 1 amide bonds. The van der Waals surface area contributed by atoms with E-state index in [1.165, 1.54) is 0 Å². The molecule has 0 fully saturated rings. The number of nitrogens with zero attached hydrogens (tertiary/aromatic N) is 1. The Morgan fingerprint density at radius 2 is 2.04 bits per heavy atom. The zero-order valence-electron chi connectivity index (χ0n) is 15.8. The highest BCUT2D eigenvalue weighted by Crippen LogP contribution is 2.39. The zero-order chi connectivity index (χ0) is 19.6. The highest BCUT2D eigenvalue weighted by molar-refractivity contribution is 6.21. The quantitative estimate of drug-likeness (QED) is 0.774. The third kappa shape index (κ3) is 3.75. The van der Waals surface area contributed by atoms with Gasteiger partial charge in [0.15, 0.2) is 18.2 Å². The van der Waals surface area contributed by atoms with E-state index in [1.54, 1.807) is 11.8 Å². The zero-order valence-corrected chi connectivity index (χ0v) is 15.8. The number of aliphatic hydroxyl groups excluding tert-OH is 1. The molecular weight excluding hydrogens is 346 g/mol. The van der Waals surface area contributed by atoms with Gasteiger partial charge in [-0.1, -0.05) is 26.3 Å². The molecule has 0 spiro atoms. The van der Waals surface area contributed by atoms with E-state index in [4.69, 9.17) is 4.74 Å². The monoisotopic (exact) mass is 371 g/mol. The van der Waals surface area contributed by atoms with E-state index in [0.29, 0.717) is 18.0 Å². The van der Waals surface area contributed by atoms with Crippen LogP contribution in [-0.2, 0) is 14.4 Å². The van der Waals surface area contributed by atoms with Gasteiger partial charge in [0.2, 0.25) is 0 Å². The average Bonchev–Trinajstić information content (AvgIpc) is 2.66. The smallest absolute Gasteiger partial charge is 0.265 e. The van der Waals surface area contributed by atoms with Crippen molar-refractivity contribution in [3.05, 3.63) is 35.1 Å². The summed E-state index contributed by atoms with van der Waals surface area (Å²) in [5.41, 5.74) is 1.52. The predicted molar refractivity (Wildman–Crippen MR) is 101 cm³/mol. The summed E-state index contributed by atoms with van der Waals surface area (Å²) in [6.45, 7) is 4.40. The Morgan fingerprint density at radius 3 is 2.70 bits per heavy atom. The number of ether oxygens (including phenoxy) is 1. The van der Waals surface area contributed by atoms with Gasteiger partial charge in [-0.25, -0.2) is 0 Å². The topological polar surface area (TPSA) is 83.9 Å². The number of carbonyl (C=O) groups is 3. The summed E-state index contributed by atoms with van der Waals surface area (Å²) in [4.78, 5) is 38.3. The number of hydrogen-bond donors (Lipinski definition) is 1. The van der Waals surface area contributed by atoms with Gasteiger partial charge in [-0.15, -0.1) is 0 Å². The molecule has 0 aromatic heterocycles. The van der Waals surface area contributed by atoms with Gasteiger partial charge in [0.05, 0.1) is 11.3 Å². The van der Waals surface area contributed by atoms with Gasteiger partial charge in [0.1, 0.15) is 11.5 Å². The molecule has 1 atom stereocenters. The number of carbonyl (C=O) groups excluding carboxylic acids is 3. The van der Waals surface area contributed by atoms with Crippen LogP contribution >= 0.6 is 0 Å². The van der Waals surface area contributed by atoms with E-state index in [9.17, 15) is 19.5 Å². The lowest BCUT2D eigenvalue weighted by molar-refractivity contribution is -0.123. The molecule has 1 aromatic carbocycles. The van der Waals surface area contributed by atoms with Crippen molar-refractivity contribution in [2.24, 2.45) is 0 Å². The summed E-state index contributed by atoms with van der Waals surface area (Å²) in [7, 11) is 0. The maximum absolute atomic E-state index is 12.4. The van der Waals surface area contributed by atoms with Crippen LogP contribution < -0.4 is 9.64 Å². The first-order chi connectivity index (χ1) is 13.0. The fraction of sp³-hybridized carbons (Fsp3) is 0.476. The largest absolute Gasteiger partial charge is 0.511 e. The van der Waals surface area contributed by atoms with Gasteiger partial charge in [0.25, 0.3) is 5.91 Å². The van der Waals surface area contributed by atoms with Crippen LogP contribution in [0.4, 0.5) is 5.69 Å². The third-order valence-electron chi connectivity index (χ3n) is 5.17. The Morgan fingerprint density at radius 1 is 1.26 bits per heavy atom. The van der Waals surface area contributed by atoms with Crippen molar-refractivity contribution < 1.29 is 24.2 Å². The minimum Gasteiger partial charge on any atom is -0.511 e. The summed E-state index contributed by atoms with van der Waals surface area (Å²) in [6.07, 6.45) is 2.48. The number of Topliss-reactive ketones (excluding diaryl/α,β-unsaturated/α-hetero) is 2. The SMILES string of the molecule is CCCCN1C(=O)COc2ccc(C3CC(=O)C(C(=O)CC)=C(O)C3)cc21. The first kappa shape index (κ1) is 19.1. The normalized spacial score (nSPS) is 19.8. The van der Waals surface area contributed by atoms with Crippen molar-refractivity contribution in [2.45, 2.75) is 51.9 Å². The summed E-state index contributed by atoms with van der Waals surface area (Å²) in [6, 6.07) is 5.55. The molecule has 6 nitrogen and oxygen atoms in total. The summed E-state index contributed by atoms with van der Waals surface area (Å²) in [5.74, 6) is -0.406. The molecule has 0 saturated heterocycles. The number of unbranched alkanes of at least 4 members (excludes halogenated alkanes) is 1. The molecule has 2 aliphatic rings. The molecule has 144 valence electrons. The molecular formula is C21H25NO5. The number of hydrogen-bond acceptors (Lipinski definition) is 5. The van der Waals surface area contributed by atoms with Gasteiger partial charge < -0.3 is 14.7 Å². The lowest BCUT2D eigenvalue weighted by atomic mass is 9.81. The Balaban J connectivity index is 1.90. The molecule has 0 radical (unpaired) electrons. The number of fused-ring (bicyclic) bond motifs is 1. The Labute approximate surface area is 158 Å². The lowest BCUT2D eigenvalue weighted by Crippen LogP contribution is -2.39. The molecule has 1 unspecified atom stereocenters. The molecule has 6 heteroatoms. The minimum atomic E-state index is -0.316. The van der Waals surface area contributed by atoms with Crippen LogP contribution in [0.2, 0.25) is 0 Å². The van der Waals surface area contributed by atoms with E-state index in [-0.39, 0.29) is 60.6 Å². The van der Waals surface area contributed by atoms with Crippen LogP contribution in [0.25, 0.3) is 0 Å². The first-order valence-electron chi connectivity index (χ1n) is 9.51. The van der Waals surface area contributed by atoms with E-state index in [2.05, 4.69) is 6.92 Å². The molecule has 0 bridgehead atoms. The van der Waals surface area contributed by atoms with Crippen molar-refractivity contribution in [1.82, 2.24) is 0 Å². The van der Waals surface area contributed by atoms with Crippen molar-refractivity contribution in [3.63, 3.8) is 0 Å². The first-order valence-corrected chi connectivity index (χ1v) is 9.51. The van der Waals surface area contributed by atoms with Crippen molar-refractivity contribution in [3.8, 4) is 5.75 Å². The van der Waals surface area contributed by atoms with Crippen LogP contribution in [0.5, 0.6) is 5.75 Å². The number of aliphatic hydroxyl groups is 1. The van der Waals surface area contributed by atoms with Gasteiger partial charge in [0, 0.05) is 25.8 Å². The molecule has 3 rings (SSSR count). The van der Waals surface area contributed by atoms with Crippen LogP contribution in [-0.4, -0.2) is 35.7 Å². The molecule has 0 saturated carbocycles. The lowest BCUT2D eigenvalue weighted by Gasteiger charge is -2.31. The van der Waals surface area contributed by atoms with E-state index < -0.39 is 0 Å². The Kier molecular flexibility index (Phi) is 5.63. The average molecular weight is 371 g/mol. The van der Waals surface area contributed by atoms with E-state index in [0.717, 1.165) is 18.4 Å². The van der Waals surface area contributed by atoms with Crippen molar-refractivity contribution >= 4 is 23.2 Å². The third-order valence-corrected chi connectivity index (χ3v) is 5.17. The van der Waals surface area contributed by atoms with Gasteiger partial charge in [-0.05, 0) is 30.0 Å². The van der Waals surface area contributed by atoms with Crippen molar-refractivity contribution in [2.75, 3.05) is 18.1 Å². The molecule has 1 aromatic rings. The minimum absolute atomic E-state index is 0.0317. The van der Waals surface area contributed by atoms with E-state index >= 15 is 0 Å². The highest BCUT2D eigenvalue weighted by Gasteiger charge is 2.33. The van der Waals surface area contributed by atoms with Crippen LogP contribution in [0.15, 0.2) is 29.5 Å². The van der Waals surface area contributed by atoms with E-state index in [1.807, 2.05) is 18.2 Å². The number of ketones is 2. The van der Waals surface area contributed by atoms with Crippen LogP contribution in [0.1, 0.15) is 57.4 Å². The fourth-order valence-electron chi connectivity index (χ4n) is 3.66. The number of amides is 1. The standard InChI is InChI=1S/C21H25NO5/c1-3-5-8-22-15-9-13(6-7-19(15)27-12-20(22)26)14-10-17(24)21(16(23)4-2)18(25)11-14/h6-7,9,14,24H,3-5,8,10-12H2,1-2H3. The number of allylic oxidation sites excluding steroid dienone is 2. The fourth-order valence-corrected chi connectivity index (χ4v) is 3.66. The second-order valence-electron chi connectivity index (χ2n) is 7.04. The van der Waals surface area contributed by atoms with Crippen molar-refractivity contribution in [1.29, 1.82) is 0 Å². The maximum Gasteiger partial charge on any atom is 0.265 e. The van der Waals surface area contributed by atoms with Gasteiger partial charge in [-0.3, -0.25) is 14.4 Å². The number of anilines is 1. The second-order valence-corrected chi connectivity index (χ2v) is 7.04. The molecule has 1 aliphatic carbocycles. The second kappa shape index (κ2) is 7.94. The number of rotatable bonds is 6. The summed E-state index contributed by atoms with van der Waals surface area (Å²) < 4.78 is 5.53. The van der Waals surface area contributed by atoms with Gasteiger partial charge >= 0.3 is 0 Å². The summed E-state index contributed by atoms with van der Waals surface area (Å²) >= 11 is 0. The highest BCUT2D eigenvalue weighted by atomic mass is 16.5. The Bertz CT molecular complexity index is 811. The molecule has 1 heterocycles. The maximum atomic E-state index is 12.4. The Hall–Kier alpha value is -2.63. The molecule has 27 heavy (non-hydrogen) atoms. The van der Waals surface area contributed by atoms with Crippen LogP contribution in [0.3, 0.4) is 0 Å². The summed E-state index contributed by atoms with van der Waals surface area (Å²) in [5, 5.41) is 10.3. The molecule has 1 N–H and O–H groups in total. The number of benzene rings is 1. The van der Waals surface area contributed by atoms with Crippen LogP contribution in [0, 0.1) is 0 Å². The molecule has 1 aliphatic heterocycles. The van der Waals surface area contributed by atoms with Gasteiger partial charge in [-0.2, -0.15) is 0 Å². The predicted octanol–water partition coefficient (Wildman–Crippen LogP) is 3.45.